The highest BCUT2D eigenvalue weighted by atomic mass is 16.5. The SMILES string of the molecule is N[C@H]1CC[C@H](C(=O)N[C@H]2CC[C@H](NC(=O)c3cc(C4CC4)on3)CC2)C1. The van der Waals surface area contributed by atoms with Crippen molar-refractivity contribution >= 4 is 11.8 Å². The molecule has 26 heavy (non-hydrogen) atoms. The van der Waals surface area contributed by atoms with Crippen LogP contribution in [0.5, 0.6) is 0 Å². The van der Waals surface area contributed by atoms with E-state index in [4.69, 9.17) is 10.3 Å². The second-order valence-corrected chi connectivity index (χ2v) is 8.19. The summed E-state index contributed by atoms with van der Waals surface area (Å²) in [7, 11) is 0. The first-order valence-corrected chi connectivity index (χ1v) is 9.92. The first-order chi connectivity index (χ1) is 12.6. The fourth-order valence-electron chi connectivity index (χ4n) is 4.17. The summed E-state index contributed by atoms with van der Waals surface area (Å²) in [6.45, 7) is 0. The van der Waals surface area contributed by atoms with E-state index in [1.165, 1.54) is 0 Å². The minimum atomic E-state index is -0.159. The van der Waals surface area contributed by atoms with Crippen LogP contribution >= 0.6 is 0 Å². The van der Waals surface area contributed by atoms with Gasteiger partial charge in [-0.3, -0.25) is 9.59 Å². The van der Waals surface area contributed by atoms with Crippen molar-refractivity contribution in [3.8, 4) is 0 Å². The number of amides is 2. The zero-order valence-electron chi connectivity index (χ0n) is 15.1. The van der Waals surface area contributed by atoms with Crippen molar-refractivity contribution in [2.24, 2.45) is 11.7 Å². The normalized spacial score (nSPS) is 31.6. The summed E-state index contributed by atoms with van der Waals surface area (Å²) >= 11 is 0. The smallest absolute Gasteiger partial charge is 0.273 e. The van der Waals surface area contributed by atoms with Crippen LogP contribution in [-0.2, 0) is 4.79 Å². The van der Waals surface area contributed by atoms with Gasteiger partial charge in [0.2, 0.25) is 5.91 Å². The van der Waals surface area contributed by atoms with Gasteiger partial charge >= 0.3 is 0 Å². The lowest BCUT2D eigenvalue weighted by Gasteiger charge is -2.30. The zero-order chi connectivity index (χ0) is 18.1. The molecule has 1 aromatic rings. The number of hydrogen-bond acceptors (Lipinski definition) is 5. The summed E-state index contributed by atoms with van der Waals surface area (Å²) in [5.74, 6) is 1.36. The summed E-state index contributed by atoms with van der Waals surface area (Å²) in [6.07, 6.45) is 8.42. The summed E-state index contributed by atoms with van der Waals surface area (Å²) in [4.78, 5) is 24.6. The van der Waals surface area contributed by atoms with Crippen LogP contribution in [0.25, 0.3) is 0 Å². The lowest BCUT2D eigenvalue weighted by atomic mass is 9.90. The van der Waals surface area contributed by atoms with Gasteiger partial charge in [-0.1, -0.05) is 5.16 Å². The molecule has 3 saturated carbocycles. The second kappa shape index (κ2) is 7.39. The molecule has 0 aliphatic heterocycles. The molecule has 0 spiro atoms. The Kier molecular flexibility index (Phi) is 4.98. The van der Waals surface area contributed by atoms with Gasteiger partial charge in [0.15, 0.2) is 5.69 Å². The van der Waals surface area contributed by atoms with Gasteiger partial charge in [-0.25, -0.2) is 0 Å². The molecule has 0 unspecified atom stereocenters. The average Bonchev–Trinajstić information content (AvgIpc) is 3.19. The molecule has 7 heteroatoms. The van der Waals surface area contributed by atoms with Gasteiger partial charge in [0.25, 0.3) is 5.91 Å². The Morgan fingerprint density at radius 3 is 2.31 bits per heavy atom. The molecule has 0 saturated heterocycles. The lowest BCUT2D eigenvalue weighted by Crippen LogP contribution is -2.45. The maximum atomic E-state index is 12.3. The second-order valence-electron chi connectivity index (χ2n) is 8.19. The van der Waals surface area contributed by atoms with Gasteiger partial charge in [0.05, 0.1) is 0 Å². The molecule has 7 nitrogen and oxygen atoms in total. The average molecular weight is 360 g/mol. The van der Waals surface area contributed by atoms with Crippen LogP contribution in [0.4, 0.5) is 0 Å². The standard InChI is InChI=1S/C19H28N4O3/c20-13-4-3-12(9-13)18(24)21-14-5-7-15(8-6-14)22-19(25)16-10-17(26-23-16)11-1-2-11/h10-15H,1-9,20H2,(H,21,24)(H,22,25)/t12-,13-,14-,15-/m0/s1. The molecule has 3 fully saturated rings. The van der Waals surface area contributed by atoms with Gasteiger partial charge in [-0.15, -0.1) is 0 Å². The van der Waals surface area contributed by atoms with Gasteiger partial charge in [0, 0.05) is 36.0 Å². The third-order valence-corrected chi connectivity index (χ3v) is 5.99. The predicted molar refractivity (Wildman–Crippen MR) is 95.4 cm³/mol. The number of nitrogens with two attached hydrogens (primary N) is 1. The van der Waals surface area contributed by atoms with Gasteiger partial charge < -0.3 is 20.9 Å². The minimum absolute atomic E-state index is 0.0789. The zero-order valence-corrected chi connectivity index (χ0v) is 15.1. The molecule has 2 amide bonds. The van der Waals surface area contributed by atoms with Gasteiger partial charge in [-0.05, 0) is 57.8 Å². The number of carbonyl (C=O) groups excluding carboxylic acids is 2. The van der Waals surface area contributed by atoms with Crippen LogP contribution in [0.15, 0.2) is 10.6 Å². The molecule has 1 aromatic heterocycles. The summed E-state index contributed by atoms with van der Waals surface area (Å²) in [5, 5.41) is 10.1. The number of carbonyl (C=O) groups is 2. The molecule has 1 heterocycles. The summed E-state index contributed by atoms with van der Waals surface area (Å²) < 4.78 is 5.25. The molecule has 0 aromatic carbocycles. The van der Waals surface area contributed by atoms with E-state index >= 15 is 0 Å². The molecular formula is C19H28N4O3. The van der Waals surface area contributed by atoms with E-state index < -0.39 is 0 Å². The van der Waals surface area contributed by atoms with E-state index in [1.54, 1.807) is 6.07 Å². The maximum Gasteiger partial charge on any atom is 0.273 e. The van der Waals surface area contributed by atoms with Gasteiger partial charge in [0.1, 0.15) is 5.76 Å². The van der Waals surface area contributed by atoms with Gasteiger partial charge in [-0.2, -0.15) is 0 Å². The Morgan fingerprint density at radius 1 is 1.00 bits per heavy atom. The van der Waals surface area contributed by atoms with E-state index in [1.807, 2.05) is 0 Å². The summed E-state index contributed by atoms with van der Waals surface area (Å²) in [5.41, 5.74) is 6.27. The van der Waals surface area contributed by atoms with Crippen LogP contribution in [0.3, 0.4) is 0 Å². The molecule has 4 N–H and O–H groups in total. The Balaban J connectivity index is 1.20. The van der Waals surface area contributed by atoms with Crippen molar-refractivity contribution in [2.45, 2.75) is 81.8 Å². The quantitative estimate of drug-likeness (QED) is 0.742. The van der Waals surface area contributed by atoms with Crippen molar-refractivity contribution < 1.29 is 14.1 Å². The van der Waals surface area contributed by atoms with E-state index in [2.05, 4.69) is 15.8 Å². The first kappa shape index (κ1) is 17.5. The Hall–Kier alpha value is -1.89. The Bertz CT molecular complexity index is 661. The van der Waals surface area contributed by atoms with E-state index in [-0.39, 0.29) is 35.9 Å². The fourth-order valence-corrected chi connectivity index (χ4v) is 4.17. The van der Waals surface area contributed by atoms with Crippen LogP contribution < -0.4 is 16.4 Å². The van der Waals surface area contributed by atoms with Crippen molar-refractivity contribution in [1.29, 1.82) is 0 Å². The first-order valence-electron chi connectivity index (χ1n) is 9.92. The number of nitrogens with one attached hydrogen (secondary N) is 2. The van der Waals surface area contributed by atoms with Crippen LogP contribution in [0, 0.1) is 5.92 Å². The van der Waals surface area contributed by atoms with Crippen molar-refractivity contribution in [2.75, 3.05) is 0 Å². The molecular weight excluding hydrogens is 332 g/mol. The monoisotopic (exact) mass is 360 g/mol. The lowest BCUT2D eigenvalue weighted by molar-refractivity contribution is -0.125. The number of nitrogens with zero attached hydrogens (tertiary/aromatic N) is 1. The topological polar surface area (TPSA) is 110 Å². The summed E-state index contributed by atoms with van der Waals surface area (Å²) in [6, 6.07) is 2.29. The van der Waals surface area contributed by atoms with E-state index in [0.717, 1.165) is 63.5 Å². The highest BCUT2D eigenvalue weighted by Crippen LogP contribution is 2.40. The van der Waals surface area contributed by atoms with Crippen LogP contribution in [0.1, 0.15) is 80.0 Å². The Morgan fingerprint density at radius 2 is 1.69 bits per heavy atom. The molecule has 4 rings (SSSR count). The van der Waals surface area contributed by atoms with E-state index in [9.17, 15) is 9.59 Å². The molecule has 3 aliphatic carbocycles. The predicted octanol–water partition coefficient (Wildman–Crippen LogP) is 1.84. The van der Waals surface area contributed by atoms with Crippen molar-refractivity contribution in [3.63, 3.8) is 0 Å². The fraction of sp³-hybridized carbons (Fsp3) is 0.737. The molecule has 142 valence electrons. The Labute approximate surface area is 153 Å². The third-order valence-electron chi connectivity index (χ3n) is 5.99. The molecule has 2 atom stereocenters. The largest absolute Gasteiger partial charge is 0.360 e. The highest BCUT2D eigenvalue weighted by Gasteiger charge is 2.32. The minimum Gasteiger partial charge on any atom is -0.360 e. The van der Waals surface area contributed by atoms with E-state index in [0.29, 0.717) is 11.6 Å². The van der Waals surface area contributed by atoms with Crippen molar-refractivity contribution in [1.82, 2.24) is 15.8 Å². The molecule has 3 aliphatic rings. The van der Waals surface area contributed by atoms with Crippen LogP contribution in [-0.4, -0.2) is 35.1 Å². The highest BCUT2D eigenvalue weighted by molar-refractivity contribution is 5.92. The number of rotatable bonds is 5. The number of hydrogen-bond donors (Lipinski definition) is 3. The number of aromatic nitrogens is 1. The van der Waals surface area contributed by atoms with Crippen molar-refractivity contribution in [3.05, 3.63) is 17.5 Å². The molecule has 0 radical (unpaired) electrons. The maximum absolute atomic E-state index is 12.3. The van der Waals surface area contributed by atoms with Crippen LogP contribution in [0.2, 0.25) is 0 Å². The molecule has 0 bridgehead atoms. The third kappa shape index (κ3) is 4.09.